The first-order valence-corrected chi connectivity index (χ1v) is 20.5. The first-order chi connectivity index (χ1) is 18.1. The van der Waals surface area contributed by atoms with Crippen LogP contribution in [-0.4, -0.2) is 3.26 Å². The van der Waals surface area contributed by atoms with Gasteiger partial charge in [0.15, 0.2) is 0 Å². The predicted octanol–water partition coefficient (Wildman–Crippen LogP) is 9.90. The van der Waals surface area contributed by atoms with Crippen molar-refractivity contribution in [3.63, 3.8) is 0 Å². The summed E-state index contributed by atoms with van der Waals surface area (Å²) in [5, 5.41) is 0. The Morgan fingerprint density at radius 1 is 0.684 bits per heavy atom. The fourth-order valence-electron chi connectivity index (χ4n) is 6.65. The molecule has 3 aromatic carbocycles. The SMILES string of the molecule is CC(C)(C)c1ccc2c(c1)[CH]([Hf](=[C](c1ccccc1)C1CCC1)[CH]1C=CC=C1)c1cc(C(C)(C)C)ccc1-2. The van der Waals surface area contributed by atoms with Gasteiger partial charge in [-0.25, -0.2) is 0 Å². The zero-order valence-electron chi connectivity index (χ0n) is 24.0. The van der Waals surface area contributed by atoms with Gasteiger partial charge in [-0.05, 0) is 0 Å². The summed E-state index contributed by atoms with van der Waals surface area (Å²) in [6, 6.07) is 26.5. The number of hydrogen-bond acceptors (Lipinski definition) is 0. The van der Waals surface area contributed by atoms with Crippen molar-refractivity contribution in [2.45, 2.75) is 79.0 Å². The quantitative estimate of drug-likeness (QED) is 0.244. The van der Waals surface area contributed by atoms with Crippen LogP contribution in [0.4, 0.5) is 0 Å². The number of fused-ring (bicyclic) bond motifs is 3. The molecule has 0 amide bonds. The van der Waals surface area contributed by atoms with Crippen LogP contribution in [0.5, 0.6) is 0 Å². The first-order valence-electron chi connectivity index (χ1n) is 14.6. The number of hydrogen-bond donors (Lipinski definition) is 0. The Labute approximate surface area is 237 Å². The minimum absolute atomic E-state index is 0.142. The zero-order chi connectivity index (χ0) is 26.7. The molecule has 0 spiro atoms. The van der Waals surface area contributed by atoms with E-state index in [1.807, 2.05) is 3.26 Å². The summed E-state index contributed by atoms with van der Waals surface area (Å²) in [7, 11) is 0. The van der Waals surface area contributed by atoms with E-state index in [0.29, 0.717) is 7.35 Å². The van der Waals surface area contributed by atoms with Gasteiger partial charge in [0.05, 0.1) is 0 Å². The molecule has 0 radical (unpaired) electrons. The van der Waals surface area contributed by atoms with Crippen LogP contribution in [0.25, 0.3) is 11.1 Å². The van der Waals surface area contributed by atoms with Gasteiger partial charge in [-0.2, -0.15) is 0 Å². The third kappa shape index (κ3) is 4.64. The van der Waals surface area contributed by atoms with Crippen LogP contribution in [0.3, 0.4) is 0 Å². The van der Waals surface area contributed by atoms with Crippen LogP contribution in [0.2, 0.25) is 3.67 Å². The van der Waals surface area contributed by atoms with Crippen molar-refractivity contribution >= 4 is 3.26 Å². The van der Waals surface area contributed by atoms with E-state index in [-0.39, 0.29) is 10.8 Å². The van der Waals surface area contributed by atoms with Gasteiger partial charge in [-0.15, -0.1) is 0 Å². The Hall–Kier alpha value is -2.12. The summed E-state index contributed by atoms with van der Waals surface area (Å²) in [5.74, 6) is 0.770. The third-order valence-corrected chi connectivity index (χ3v) is 22.2. The summed E-state index contributed by atoms with van der Waals surface area (Å²) in [5.41, 5.74) is 11.0. The van der Waals surface area contributed by atoms with Gasteiger partial charge in [-0.3, -0.25) is 0 Å². The molecular weight excluding hydrogens is 623 g/mol. The molecule has 1 fully saturated rings. The molecule has 1 saturated carbocycles. The van der Waals surface area contributed by atoms with E-state index in [2.05, 4.69) is 133 Å². The van der Waals surface area contributed by atoms with Crippen LogP contribution < -0.4 is 0 Å². The van der Waals surface area contributed by atoms with Gasteiger partial charge in [0.1, 0.15) is 0 Å². The second kappa shape index (κ2) is 9.81. The van der Waals surface area contributed by atoms with Gasteiger partial charge < -0.3 is 0 Å². The van der Waals surface area contributed by atoms with Gasteiger partial charge in [0.25, 0.3) is 0 Å². The Morgan fingerprint density at radius 3 is 1.66 bits per heavy atom. The van der Waals surface area contributed by atoms with Crippen LogP contribution >= 0.6 is 0 Å². The van der Waals surface area contributed by atoms with Crippen LogP contribution in [0.1, 0.15) is 92.3 Å². The average molecular weight is 665 g/mol. The fourth-order valence-corrected chi connectivity index (χ4v) is 21.4. The average Bonchev–Trinajstić information content (AvgIpc) is 3.48. The molecule has 0 aliphatic heterocycles. The molecule has 6 rings (SSSR count). The van der Waals surface area contributed by atoms with E-state index in [0.717, 1.165) is 5.92 Å². The third-order valence-electron chi connectivity index (χ3n) is 9.07. The standard InChI is InChI=1S/C21H25.C11H12.C5H5.Hf/c1-20(2,3)16-7-9-18-14(12-16)11-15-13-17(21(4,5)6)8-10-19(15)18;1-2-5-10(6-3-1)9-11-7-4-8-11;1-2-4-5-3-1;/h7-13H,1-6H3;1-3,5-6,11H,4,7-8H2;1-5H;. The van der Waals surface area contributed by atoms with Crippen molar-refractivity contribution in [1.82, 2.24) is 0 Å². The van der Waals surface area contributed by atoms with Crippen LogP contribution in [0, 0.1) is 5.92 Å². The van der Waals surface area contributed by atoms with Crippen molar-refractivity contribution in [2.75, 3.05) is 0 Å². The molecule has 0 nitrogen and oxygen atoms in total. The van der Waals surface area contributed by atoms with Crippen molar-refractivity contribution in [3.05, 3.63) is 119 Å². The Bertz CT molecular complexity index is 1370. The van der Waals surface area contributed by atoms with Crippen LogP contribution in [0.15, 0.2) is 91.0 Å². The molecule has 0 saturated heterocycles. The summed E-state index contributed by atoms with van der Waals surface area (Å²) in [6.45, 7) is 14.2. The molecule has 0 bridgehead atoms. The molecule has 3 aliphatic carbocycles. The molecule has 194 valence electrons. The normalized spacial score (nSPS) is 18.4. The van der Waals surface area contributed by atoms with Crippen molar-refractivity contribution in [3.8, 4) is 11.1 Å². The van der Waals surface area contributed by atoms with E-state index < -0.39 is 21.0 Å². The monoisotopic (exact) mass is 666 g/mol. The van der Waals surface area contributed by atoms with Gasteiger partial charge in [0, 0.05) is 0 Å². The minimum atomic E-state index is -2.65. The molecule has 3 aliphatic rings. The first kappa shape index (κ1) is 26.1. The maximum atomic E-state index is 2.62. The topological polar surface area (TPSA) is 0 Å². The van der Waals surface area contributed by atoms with Crippen molar-refractivity contribution in [2.24, 2.45) is 5.92 Å². The molecule has 3 aromatic rings. The summed E-state index contributed by atoms with van der Waals surface area (Å²) < 4.78 is 3.08. The molecule has 1 heteroatoms. The molecule has 0 atom stereocenters. The zero-order valence-corrected chi connectivity index (χ0v) is 27.6. The Morgan fingerprint density at radius 2 is 1.21 bits per heavy atom. The molecule has 0 N–H and O–H groups in total. The fraction of sp³-hybridized carbons (Fsp3) is 0.378. The van der Waals surface area contributed by atoms with E-state index >= 15 is 0 Å². The number of benzene rings is 3. The maximum absolute atomic E-state index is 2.65. The van der Waals surface area contributed by atoms with Gasteiger partial charge in [-0.1, -0.05) is 0 Å². The van der Waals surface area contributed by atoms with Crippen LogP contribution in [-0.2, 0) is 31.8 Å². The number of rotatable bonds is 4. The Balaban J connectivity index is 1.68. The van der Waals surface area contributed by atoms with E-state index in [4.69, 9.17) is 0 Å². The summed E-state index contributed by atoms with van der Waals surface area (Å²) in [4.78, 5) is 0. The predicted molar refractivity (Wildman–Crippen MR) is 161 cm³/mol. The van der Waals surface area contributed by atoms with E-state index in [1.165, 1.54) is 41.5 Å². The molecule has 0 heterocycles. The summed E-state index contributed by atoms with van der Waals surface area (Å²) >= 11 is -2.65. The molecule has 0 aromatic heterocycles. The van der Waals surface area contributed by atoms with Crippen molar-refractivity contribution < 1.29 is 21.0 Å². The number of allylic oxidation sites excluding steroid dienone is 4. The molecule has 38 heavy (non-hydrogen) atoms. The van der Waals surface area contributed by atoms with Gasteiger partial charge >= 0.3 is 239 Å². The summed E-state index contributed by atoms with van der Waals surface area (Å²) in [6.07, 6.45) is 13.9. The second-order valence-electron chi connectivity index (χ2n) is 13.7. The Kier molecular flexibility index (Phi) is 6.74. The molecular formula is C37H42Hf. The van der Waals surface area contributed by atoms with Crippen molar-refractivity contribution in [1.29, 1.82) is 0 Å². The molecule has 0 unspecified atom stereocenters. The van der Waals surface area contributed by atoms with E-state index in [1.54, 1.807) is 16.7 Å². The van der Waals surface area contributed by atoms with E-state index in [9.17, 15) is 0 Å². The second-order valence-corrected chi connectivity index (χ2v) is 23.4. The van der Waals surface area contributed by atoms with Gasteiger partial charge in [0.2, 0.25) is 0 Å².